The minimum absolute atomic E-state index is 0.0938. The minimum Gasteiger partial charge on any atom is -0.383 e. The second-order valence-electron chi connectivity index (χ2n) is 4.36. The molecule has 1 aromatic carbocycles. The maximum Gasteiger partial charge on any atom is 0.282 e. The van der Waals surface area contributed by atoms with Crippen LogP contribution < -0.4 is 5.73 Å². The number of nitrogens with one attached hydrogen (secondary N) is 1. The van der Waals surface area contributed by atoms with Crippen LogP contribution in [0.15, 0.2) is 22.7 Å². The van der Waals surface area contributed by atoms with Gasteiger partial charge in [0.25, 0.3) is 6.43 Å². The van der Waals surface area contributed by atoms with E-state index in [1.165, 1.54) is 4.68 Å². The summed E-state index contributed by atoms with van der Waals surface area (Å²) >= 11 is 3.36. The van der Waals surface area contributed by atoms with Crippen molar-refractivity contribution in [3.8, 4) is 5.69 Å². The Bertz CT molecular complexity index is 793. The smallest absolute Gasteiger partial charge is 0.282 e. The first-order chi connectivity index (χ1) is 9.49. The van der Waals surface area contributed by atoms with Crippen LogP contribution in [0.4, 0.5) is 14.6 Å². The molecule has 3 N–H and O–H groups in total. The Balaban J connectivity index is 2.31. The normalized spacial score (nSPS) is 11.7. The highest BCUT2D eigenvalue weighted by Crippen LogP contribution is 2.32. The lowest BCUT2D eigenvalue weighted by molar-refractivity contribution is 0.147. The fraction of sp³-hybridized carbons (Fsp3) is 0.167. The predicted octanol–water partition coefficient (Wildman–Crippen LogP) is 3.34. The van der Waals surface area contributed by atoms with Gasteiger partial charge < -0.3 is 5.73 Å². The molecule has 0 atom stereocenters. The number of H-pyrrole nitrogens is 1. The Morgan fingerprint density at radius 1 is 1.40 bits per heavy atom. The molecule has 0 fully saturated rings. The van der Waals surface area contributed by atoms with Gasteiger partial charge in [-0.1, -0.05) is 15.9 Å². The number of aromatic nitrogens is 4. The third kappa shape index (κ3) is 1.87. The molecule has 2 heterocycles. The molecule has 0 aliphatic heterocycles. The molecule has 20 heavy (non-hydrogen) atoms. The molecule has 0 bridgehead atoms. The first-order valence-corrected chi connectivity index (χ1v) is 6.55. The number of nitrogen functional groups attached to an aromatic ring is 1. The zero-order chi connectivity index (χ0) is 14.4. The van der Waals surface area contributed by atoms with Crippen LogP contribution in [0, 0.1) is 6.92 Å². The van der Waals surface area contributed by atoms with Crippen molar-refractivity contribution in [1.82, 2.24) is 20.0 Å². The molecular weight excluding hydrogens is 332 g/mol. The number of anilines is 1. The van der Waals surface area contributed by atoms with Gasteiger partial charge in [0.2, 0.25) is 0 Å². The van der Waals surface area contributed by atoms with Crippen molar-refractivity contribution < 1.29 is 8.78 Å². The molecule has 0 radical (unpaired) electrons. The molecular formula is C12H10BrF2N5. The van der Waals surface area contributed by atoms with Crippen LogP contribution >= 0.6 is 15.9 Å². The lowest BCUT2D eigenvalue weighted by Crippen LogP contribution is -2.01. The van der Waals surface area contributed by atoms with Crippen LogP contribution in [0.5, 0.6) is 0 Å². The van der Waals surface area contributed by atoms with Crippen LogP contribution in [0.1, 0.15) is 17.7 Å². The standard InChI is InChI=1S/C12H10BrF2N5/c1-5-4-6(13)2-3-7(5)20-12-8(11(16)17-18-12)9(19-20)10(14)15/h2-4,10H,1H3,(H3,16,17,18). The summed E-state index contributed by atoms with van der Waals surface area (Å²) in [6.07, 6.45) is -2.71. The summed E-state index contributed by atoms with van der Waals surface area (Å²) in [5.41, 5.74) is 7.14. The van der Waals surface area contributed by atoms with Crippen molar-refractivity contribution >= 4 is 32.8 Å². The van der Waals surface area contributed by atoms with Gasteiger partial charge in [-0.3, -0.25) is 5.10 Å². The van der Waals surface area contributed by atoms with Gasteiger partial charge in [0.05, 0.1) is 11.1 Å². The molecule has 0 aliphatic rings. The van der Waals surface area contributed by atoms with E-state index in [1.807, 2.05) is 19.1 Å². The van der Waals surface area contributed by atoms with Crippen LogP contribution in [-0.4, -0.2) is 20.0 Å². The summed E-state index contributed by atoms with van der Waals surface area (Å²) in [4.78, 5) is 0. The van der Waals surface area contributed by atoms with E-state index in [4.69, 9.17) is 5.73 Å². The van der Waals surface area contributed by atoms with Gasteiger partial charge in [-0.2, -0.15) is 10.2 Å². The molecule has 0 spiro atoms. The fourth-order valence-electron chi connectivity index (χ4n) is 2.13. The summed E-state index contributed by atoms with van der Waals surface area (Å²) in [6.45, 7) is 1.87. The quantitative estimate of drug-likeness (QED) is 0.750. The average molecular weight is 342 g/mol. The van der Waals surface area contributed by atoms with E-state index in [2.05, 4.69) is 31.2 Å². The molecule has 104 valence electrons. The molecule has 3 rings (SSSR count). The minimum atomic E-state index is -2.71. The number of benzene rings is 1. The number of alkyl halides is 2. The Hall–Kier alpha value is -1.96. The SMILES string of the molecule is Cc1cc(Br)ccc1-n1nc(C(F)F)c2c(N)[nH]nc21. The number of aromatic amines is 1. The number of aryl methyl sites for hydroxylation is 1. The van der Waals surface area contributed by atoms with Crippen molar-refractivity contribution in [2.75, 3.05) is 5.73 Å². The largest absolute Gasteiger partial charge is 0.383 e. The summed E-state index contributed by atoms with van der Waals surface area (Å²) in [5, 5.41) is 10.6. The van der Waals surface area contributed by atoms with Crippen molar-refractivity contribution in [1.29, 1.82) is 0 Å². The lowest BCUT2D eigenvalue weighted by atomic mass is 10.2. The highest BCUT2D eigenvalue weighted by molar-refractivity contribution is 9.10. The van der Waals surface area contributed by atoms with E-state index >= 15 is 0 Å². The monoisotopic (exact) mass is 341 g/mol. The van der Waals surface area contributed by atoms with Crippen LogP contribution in [0.25, 0.3) is 16.7 Å². The number of hydrogen-bond acceptors (Lipinski definition) is 3. The van der Waals surface area contributed by atoms with Crippen molar-refractivity contribution in [2.45, 2.75) is 13.3 Å². The number of halogens is 3. The molecule has 3 aromatic rings. The second kappa shape index (κ2) is 4.55. The van der Waals surface area contributed by atoms with E-state index in [0.29, 0.717) is 11.3 Å². The third-order valence-corrected chi connectivity index (χ3v) is 3.53. The zero-order valence-corrected chi connectivity index (χ0v) is 11.9. The highest BCUT2D eigenvalue weighted by atomic mass is 79.9. The third-order valence-electron chi connectivity index (χ3n) is 3.03. The van der Waals surface area contributed by atoms with Crippen LogP contribution in [0.2, 0.25) is 0 Å². The van der Waals surface area contributed by atoms with E-state index in [0.717, 1.165) is 10.0 Å². The fourth-order valence-corrected chi connectivity index (χ4v) is 2.61. The van der Waals surface area contributed by atoms with Gasteiger partial charge in [-0.05, 0) is 30.7 Å². The van der Waals surface area contributed by atoms with Gasteiger partial charge >= 0.3 is 0 Å². The van der Waals surface area contributed by atoms with Gasteiger partial charge in [0.1, 0.15) is 11.5 Å². The number of rotatable bonds is 2. The Kier molecular flexibility index (Phi) is 2.97. The van der Waals surface area contributed by atoms with Crippen molar-refractivity contribution in [3.63, 3.8) is 0 Å². The summed E-state index contributed by atoms with van der Waals surface area (Å²) in [7, 11) is 0. The first kappa shape index (κ1) is 13.0. The number of hydrogen-bond donors (Lipinski definition) is 2. The van der Waals surface area contributed by atoms with Crippen LogP contribution in [0.3, 0.4) is 0 Å². The molecule has 0 saturated carbocycles. The highest BCUT2D eigenvalue weighted by Gasteiger charge is 2.24. The maximum atomic E-state index is 13.1. The summed E-state index contributed by atoms with van der Waals surface area (Å²) < 4.78 is 28.4. The molecule has 8 heteroatoms. The van der Waals surface area contributed by atoms with Crippen LogP contribution in [-0.2, 0) is 0 Å². The maximum absolute atomic E-state index is 13.1. The zero-order valence-electron chi connectivity index (χ0n) is 10.4. The average Bonchev–Trinajstić information content (AvgIpc) is 2.91. The lowest BCUT2D eigenvalue weighted by Gasteiger charge is -2.06. The topological polar surface area (TPSA) is 72.5 Å². The van der Waals surface area contributed by atoms with E-state index in [1.54, 1.807) is 6.07 Å². The van der Waals surface area contributed by atoms with Gasteiger partial charge in [-0.15, -0.1) is 0 Å². The van der Waals surface area contributed by atoms with E-state index in [9.17, 15) is 8.78 Å². The van der Waals surface area contributed by atoms with E-state index in [-0.39, 0.29) is 16.9 Å². The molecule has 0 saturated heterocycles. The summed E-state index contributed by atoms with van der Waals surface area (Å²) in [6, 6.07) is 5.47. The molecule has 5 nitrogen and oxygen atoms in total. The van der Waals surface area contributed by atoms with E-state index < -0.39 is 6.43 Å². The Labute approximate surface area is 120 Å². The Morgan fingerprint density at radius 2 is 2.15 bits per heavy atom. The first-order valence-electron chi connectivity index (χ1n) is 5.76. The summed E-state index contributed by atoms with van der Waals surface area (Å²) in [5.74, 6) is 0.0938. The number of nitrogens with zero attached hydrogens (tertiary/aromatic N) is 3. The number of nitrogens with two attached hydrogens (primary N) is 1. The van der Waals surface area contributed by atoms with Crippen molar-refractivity contribution in [3.05, 3.63) is 33.9 Å². The molecule has 0 aliphatic carbocycles. The number of fused-ring (bicyclic) bond motifs is 1. The molecule has 0 amide bonds. The van der Waals surface area contributed by atoms with Crippen molar-refractivity contribution in [2.24, 2.45) is 0 Å². The van der Waals surface area contributed by atoms with Gasteiger partial charge in [0, 0.05) is 4.47 Å². The van der Waals surface area contributed by atoms with Gasteiger partial charge in [0.15, 0.2) is 5.65 Å². The Morgan fingerprint density at radius 3 is 2.80 bits per heavy atom. The molecule has 0 unspecified atom stereocenters. The van der Waals surface area contributed by atoms with Gasteiger partial charge in [-0.25, -0.2) is 13.5 Å². The molecule has 2 aromatic heterocycles. The second-order valence-corrected chi connectivity index (χ2v) is 5.28. The predicted molar refractivity (Wildman–Crippen MR) is 75.0 cm³/mol.